The number of carbonyl (C=O) groups is 2. The zero-order valence-electron chi connectivity index (χ0n) is 14.5. The van der Waals surface area contributed by atoms with Gasteiger partial charge < -0.3 is 9.80 Å². The summed E-state index contributed by atoms with van der Waals surface area (Å²) in [6, 6.07) is 5.61. The Morgan fingerprint density at radius 2 is 2.00 bits per heavy atom. The van der Waals surface area contributed by atoms with E-state index >= 15 is 0 Å². The van der Waals surface area contributed by atoms with Crippen LogP contribution in [0, 0.1) is 11.8 Å². The summed E-state index contributed by atoms with van der Waals surface area (Å²) in [5, 5.41) is 0. The molecule has 0 N–H and O–H groups in total. The smallest absolute Gasteiger partial charge is 0.272 e. The van der Waals surface area contributed by atoms with Gasteiger partial charge in [0.2, 0.25) is 5.91 Å². The highest BCUT2D eigenvalue weighted by atomic mass is 32.2. The Bertz CT molecular complexity index is 635. The molecule has 2 bridgehead atoms. The zero-order valence-corrected chi connectivity index (χ0v) is 15.3. The monoisotopic (exact) mass is 359 g/mol. The van der Waals surface area contributed by atoms with E-state index in [9.17, 15) is 9.59 Å². The van der Waals surface area contributed by atoms with E-state index in [1.165, 1.54) is 12.8 Å². The second-order valence-corrected chi connectivity index (χ2v) is 8.56. The highest BCUT2D eigenvalue weighted by Gasteiger charge is 2.38. The molecule has 3 aliphatic heterocycles. The van der Waals surface area contributed by atoms with E-state index in [-0.39, 0.29) is 17.9 Å². The first-order chi connectivity index (χ1) is 12.2. The summed E-state index contributed by atoms with van der Waals surface area (Å²) in [6.07, 6.45) is 6.44. The van der Waals surface area contributed by atoms with Crippen molar-refractivity contribution >= 4 is 23.6 Å². The molecule has 4 aliphatic rings. The van der Waals surface area contributed by atoms with Crippen LogP contribution in [0.15, 0.2) is 24.4 Å². The highest BCUT2D eigenvalue weighted by Crippen LogP contribution is 2.33. The van der Waals surface area contributed by atoms with Crippen LogP contribution in [0.25, 0.3) is 0 Å². The largest absolute Gasteiger partial charge is 0.337 e. The van der Waals surface area contributed by atoms with Crippen molar-refractivity contribution in [2.24, 2.45) is 11.8 Å². The fourth-order valence-electron chi connectivity index (χ4n) is 3.88. The summed E-state index contributed by atoms with van der Waals surface area (Å²) < 4.78 is 0. The van der Waals surface area contributed by atoms with Crippen LogP contribution in [0.3, 0.4) is 0 Å². The summed E-state index contributed by atoms with van der Waals surface area (Å²) in [4.78, 5) is 33.6. The molecular weight excluding hydrogens is 334 g/mol. The molecule has 5 rings (SSSR count). The van der Waals surface area contributed by atoms with Crippen molar-refractivity contribution in [1.29, 1.82) is 0 Å². The Morgan fingerprint density at radius 1 is 1.12 bits per heavy atom. The van der Waals surface area contributed by atoms with Crippen LogP contribution in [0.5, 0.6) is 0 Å². The normalized spacial score (nSPS) is 25.8. The molecule has 2 atom stereocenters. The summed E-state index contributed by atoms with van der Waals surface area (Å²) in [5.41, 5.74) is 0.502. The predicted molar refractivity (Wildman–Crippen MR) is 98.4 cm³/mol. The Labute approximate surface area is 153 Å². The minimum absolute atomic E-state index is 0.00472. The van der Waals surface area contributed by atoms with Gasteiger partial charge in [0, 0.05) is 31.9 Å². The summed E-state index contributed by atoms with van der Waals surface area (Å²) in [6.45, 7) is 2.19. The van der Waals surface area contributed by atoms with Crippen molar-refractivity contribution in [3.63, 3.8) is 0 Å². The lowest BCUT2D eigenvalue weighted by atomic mass is 9.95. The lowest BCUT2D eigenvalue weighted by molar-refractivity contribution is -0.132. The maximum atomic E-state index is 12.8. The molecule has 3 saturated heterocycles. The lowest BCUT2D eigenvalue weighted by Crippen LogP contribution is -2.48. The molecule has 0 spiro atoms. The van der Waals surface area contributed by atoms with Crippen molar-refractivity contribution in [3.8, 4) is 0 Å². The minimum atomic E-state index is -0.00472. The molecule has 1 aromatic rings. The maximum Gasteiger partial charge on any atom is 0.272 e. The number of thioether (sulfide) groups is 1. The summed E-state index contributed by atoms with van der Waals surface area (Å²) in [7, 11) is 0. The van der Waals surface area contributed by atoms with Crippen LogP contribution in [0.4, 0.5) is 0 Å². The Hall–Kier alpha value is -1.56. The molecular formula is C19H25N3O2S. The van der Waals surface area contributed by atoms with Crippen molar-refractivity contribution in [2.75, 3.05) is 31.1 Å². The molecule has 2 amide bonds. The predicted octanol–water partition coefficient (Wildman–Crippen LogP) is 2.29. The third-order valence-corrected chi connectivity index (χ3v) is 6.64. The number of nitrogens with zero attached hydrogens (tertiary/aromatic N) is 3. The number of rotatable bonds is 5. The number of aromatic nitrogens is 1. The standard InChI is InChI=1S/C19H25N3O2S/c23-18(13-25-12-14-4-5-14)22-10-15-6-7-16(22)11-21(9-15)19(24)17-3-1-2-8-20-17/h1-3,8,14-16H,4-7,9-13H2/t15-,16+/m0/s1. The van der Waals surface area contributed by atoms with Crippen LogP contribution in [-0.4, -0.2) is 63.8 Å². The van der Waals surface area contributed by atoms with E-state index in [4.69, 9.17) is 0 Å². The number of hydrogen-bond donors (Lipinski definition) is 0. The van der Waals surface area contributed by atoms with Gasteiger partial charge in [-0.1, -0.05) is 6.07 Å². The average molecular weight is 359 g/mol. The van der Waals surface area contributed by atoms with E-state index in [1.54, 1.807) is 24.0 Å². The van der Waals surface area contributed by atoms with Crippen molar-refractivity contribution < 1.29 is 9.59 Å². The van der Waals surface area contributed by atoms with Crippen LogP contribution < -0.4 is 0 Å². The zero-order chi connectivity index (χ0) is 17.2. The van der Waals surface area contributed by atoms with Gasteiger partial charge in [-0.25, -0.2) is 0 Å². The number of amides is 2. The molecule has 0 unspecified atom stereocenters. The summed E-state index contributed by atoms with van der Waals surface area (Å²) in [5.74, 6) is 3.21. The average Bonchev–Trinajstić information content (AvgIpc) is 3.48. The Balaban J connectivity index is 1.39. The Kier molecular flexibility index (Phi) is 4.97. The van der Waals surface area contributed by atoms with Gasteiger partial charge in [0.05, 0.1) is 5.75 Å². The van der Waals surface area contributed by atoms with Gasteiger partial charge in [0.25, 0.3) is 5.91 Å². The van der Waals surface area contributed by atoms with Gasteiger partial charge in [0.15, 0.2) is 0 Å². The molecule has 0 radical (unpaired) electrons. The van der Waals surface area contributed by atoms with Gasteiger partial charge in [-0.15, -0.1) is 0 Å². The number of piperidine rings is 1. The third-order valence-electron chi connectivity index (χ3n) is 5.48. The van der Waals surface area contributed by atoms with E-state index in [2.05, 4.69) is 9.88 Å². The number of fused-ring (bicyclic) bond motifs is 4. The maximum absolute atomic E-state index is 12.8. The van der Waals surface area contributed by atoms with Crippen molar-refractivity contribution in [3.05, 3.63) is 30.1 Å². The first kappa shape index (κ1) is 16.9. The number of carbonyl (C=O) groups excluding carboxylic acids is 2. The van der Waals surface area contributed by atoms with Gasteiger partial charge in [0.1, 0.15) is 5.69 Å². The molecule has 5 nitrogen and oxygen atoms in total. The van der Waals surface area contributed by atoms with Crippen LogP contribution in [-0.2, 0) is 4.79 Å². The van der Waals surface area contributed by atoms with Gasteiger partial charge in [-0.3, -0.25) is 14.6 Å². The molecule has 4 fully saturated rings. The topological polar surface area (TPSA) is 53.5 Å². The molecule has 4 heterocycles. The molecule has 1 saturated carbocycles. The van der Waals surface area contributed by atoms with E-state index < -0.39 is 0 Å². The highest BCUT2D eigenvalue weighted by molar-refractivity contribution is 7.99. The van der Waals surface area contributed by atoms with Crippen molar-refractivity contribution in [2.45, 2.75) is 31.7 Å². The van der Waals surface area contributed by atoms with E-state index in [1.807, 2.05) is 17.0 Å². The second kappa shape index (κ2) is 7.36. The minimum Gasteiger partial charge on any atom is -0.337 e. The molecule has 0 aromatic carbocycles. The van der Waals surface area contributed by atoms with Crippen molar-refractivity contribution in [1.82, 2.24) is 14.8 Å². The third kappa shape index (κ3) is 4.00. The molecule has 1 aromatic heterocycles. The number of pyridine rings is 1. The second-order valence-electron chi connectivity index (χ2n) is 7.53. The molecule has 134 valence electrons. The quantitative estimate of drug-likeness (QED) is 0.809. The molecule has 1 aliphatic carbocycles. The van der Waals surface area contributed by atoms with Gasteiger partial charge in [-0.05, 0) is 55.4 Å². The van der Waals surface area contributed by atoms with E-state index in [0.717, 1.165) is 37.6 Å². The Morgan fingerprint density at radius 3 is 2.76 bits per heavy atom. The first-order valence-electron chi connectivity index (χ1n) is 9.28. The SMILES string of the molecule is O=C(c1ccccn1)N1C[C@@H]2CC[C@H](C1)N(C(=O)CSCC1CC1)C2. The van der Waals surface area contributed by atoms with Crippen LogP contribution in [0.2, 0.25) is 0 Å². The summed E-state index contributed by atoms with van der Waals surface area (Å²) >= 11 is 1.78. The number of hydrogen-bond acceptors (Lipinski definition) is 4. The fourth-order valence-corrected chi connectivity index (χ4v) is 5.01. The van der Waals surface area contributed by atoms with Crippen LogP contribution in [0.1, 0.15) is 36.2 Å². The van der Waals surface area contributed by atoms with Gasteiger partial charge >= 0.3 is 0 Å². The van der Waals surface area contributed by atoms with Gasteiger partial charge in [-0.2, -0.15) is 11.8 Å². The molecule has 25 heavy (non-hydrogen) atoms. The van der Waals surface area contributed by atoms with Crippen LogP contribution >= 0.6 is 11.8 Å². The first-order valence-corrected chi connectivity index (χ1v) is 10.4. The lowest BCUT2D eigenvalue weighted by Gasteiger charge is -2.36. The van der Waals surface area contributed by atoms with E-state index in [0.29, 0.717) is 23.9 Å². The fraction of sp³-hybridized carbons (Fsp3) is 0.632. The molecule has 6 heteroatoms.